The Kier molecular flexibility index (Phi) is 3.94. The van der Waals surface area contributed by atoms with E-state index in [1.54, 1.807) is 32.3 Å². The van der Waals surface area contributed by atoms with Gasteiger partial charge in [0.1, 0.15) is 0 Å². The summed E-state index contributed by atoms with van der Waals surface area (Å²) in [7, 11) is -0.251. The van der Waals surface area contributed by atoms with Crippen LogP contribution in [0.25, 0.3) is 0 Å². The number of fused-ring (bicyclic) bond motifs is 3. The summed E-state index contributed by atoms with van der Waals surface area (Å²) in [6.07, 6.45) is 2.49. The summed E-state index contributed by atoms with van der Waals surface area (Å²) < 4.78 is 25.6. The minimum Gasteiger partial charge on any atom is -0.381 e. The van der Waals surface area contributed by atoms with Crippen molar-refractivity contribution in [3.63, 3.8) is 0 Å². The molecule has 3 fully saturated rings. The number of hydrogen-bond acceptors (Lipinski definition) is 4. The molecule has 5 nitrogen and oxygen atoms in total. The van der Waals surface area contributed by atoms with E-state index in [-0.39, 0.29) is 0 Å². The molecule has 0 saturated carbocycles. The fourth-order valence-corrected chi connectivity index (χ4v) is 4.25. The summed E-state index contributed by atoms with van der Waals surface area (Å²) in [6, 6.07) is 7.58. The van der Waals surface area contributed by atoms with Crippen molar-refractivity contribution in [2.24, 2.45) is 5.92 Å². The summed E-state index contributed by atoms with van der Waals surface area (Å²) in [5, 5.41) is 3.54. The minimum absolute atomic E-state index is 0.346. The van der Waals surface area contributed by atoms with Crippen molar-refractivity contribution in [1.82, 2.24) is 9.21 Å². The topological polar surface area (TPSA) is 52.7 Å². The van der Waals surface area contributed by atoms with Crippen molar-refractivity contribution >= 4 is 15.7 Å². The van der Waals surface area contributed by atoms with Crippen LogP contribution in [-0.2, 0) is 10.0 Å². The normalized spacial score (nSPS) is 28.8. The van der Waals surface area contributed by atoms with Gasteiger partial charge in [-0.1, -0.05) is 6.07 Å². The molecule has 3 heterocycles. The lowest BCUT2D eigenvalue weighted by atomic mass is 9.84. The van der Waals surface area contributed by atoms with Crippen LogP contribution in [0.2, 0.25) is 0 Å². The molecule has 2 bridgehead atoms. The molecule has 0 radical (unpaired) electrons. The average Bonchev–Trinajstić information content (AvgIpc) is 2.48. The summed E-state index contributed by atoms with van der Waals surface area (Å²) in [5.74, 6) is 0.712. The summed E-state index contributed by atoms with van der Waals surface area (Å²) in [4.78, 5) is 2.83. The van der Waals surface area contributed by atoms with E-state index in [1.807, 2.05) is 6.07 Å². The van der Waals surface area contributed by atoms with Gasteiger partial charge in [0, 0.05) is 32.4 Å². The fraction of sp³-hybridized carbons (Fsp3) is 0.600. The van der Waals surface area contributed by atoms with Crippen LogP contribution < -0.4 is 5.32 Å². The quantitative estimate of drug-likeness (QED) is 0.914. The molecule has 1 atom stereocenters. The second kappa shape index (κ2) is 5.59. The lowest BCUT2D eigenvalue weighted by molar-refractivity contribution is 0.0975. The zero-order chi connectivity index (χ0) is 15.0. The van der Waals surface area contributed by atoms with Gasteiger partial charge in [-0.3, -0.25) is 0 Å². The lowest BCUT2D eigenvalue weighted by Crippen LogP contribution is -2.53. The third kappa shape index (κ3) is 2.93. The molecule has 6 heteroatoms. The molecule has 0 spiro atoms. The van der Waals surface area contributed by atoms with Crippen LogP contribution in [0.1, 0.15) is 12.8 Å². The van der Waals surface area contributed by atoms with Gasteiger partial charge < -0.3 is 10.2 Å². The van der Waals surface area contributed by atoms with Gasteiger partial charge in [-0.2, -0.15) is 0 Å². The first-order chi connectivity index (χ1) is 9.96. The van der Waals surface area contributed by atoms with Crippen LogP contribution in [0.15, 0.2) is 29.2 Å². The van der Waals surface area contributed by atoms with Crippen LogP contribution in [-0.4, -0.2) is 57.4 Å². The van der Waals surface area contributed by atoms with E-state index in [1.165, 1.54) is 30.2 Å². The Bertz CT molecular complexity index is 607. The van der Waals surface area contributed by atoms with Gasteiger partial charge in [-0.05, 0) is 50.0 Å². The fourth-order valence-electron chi connectivity index (χ4n) is 3.30. The molecule has 3 saturated heterocycles. The van der Waals surface area contributed by atoms with Crippen LogP contribution in [0, 0.1) is 5.92 Å². The monoisotopic (exact) mass is 309 g/mol. The second-order valence-corrected chi connectivity index (χ2v) is 8.36. The molecule has 21 heavy (non-hydrogen) atoms. The van der Waals surface area contributed by atoms with E-state index in [4.69, 9.17) is 0 Å². The van der Waals surface area contributed by atoms with Gasteiger partial charge >= 0.3 is 0 Å². The molecule has 1 aromatic carbocycles. The number of nitrogens with one attached hydrogen (secondary N) is 1. The number of sulfonamides is 1. The molecule has 4 rings (SSSR count). The van der Waals surface area contributed by atoms with Crippen molar-refractivity contribution in [2.45, 2.75) is 23.8 Å². The highest BCUT2D eigenvalue weighted by atomic mass is 32.2. The van der Waals surface area contributed by atoms with Gasteiger partial charge in [0.05, 0.1) is 4.90 Å². The number of benzene rings is 1. The molecule has 0 aromatic heterocycles. The Morgan fingerprint density at radius 1 is 1.24 bits per heavy atom. The van der Waals surface area contributed by atoms with E-state index >= 15 is 0 Å². The first kappa shape index (κ1) is 14.8. The second-order valence-electron chi connectivity index (χ2n) is 6.20. The molecular weight excluding hydrogens is 286 g/mol. The first-order valence-corrected chi connectivity index (χ1v) is 8.92. The third-order valence-electron chi connectivity index (χ3n) is 4.62. The minimum atomic E-state index is -3.37. The third-order valence-corrected chi connectivity index (χ3v) is 6.43. The van der Waals surface area contributed by atoms with E-state index in [0.717, 1.165) is 12.2 Å². The summed E-state index contributed by atoms with van der Waals surface area (Å²) >= 11 is 0. The highest BCUT2D eigenvalue weighted by molar-refractivity contribution is 7.89. The molecular formula is C15H23N3O2S. The van der Waals surface area contributed by atoms with Crippen LogP contribution in [0.5, 0.6) is 0 Å². The van der Waals surface area contributed by atoms with Gasteiger partial charge in [0.2, 0.25) is 10.0 Å². The smallest absolute Gasteiger partial charge is 0.242 e. The van der Waals surface area contributed by atoms with Crippen molar-refractivity contribution in [3.8, 4) is 0 Å². The zero-order valence-corrected chi connectivity index (χ0v) is 13.4. The SMILES string of the molecule is CN(C)S(=O)(=O)c1cccc(NC2CN3CCC2CC3)c1. The van der Waals surface area contributed by atoms with Crippen molar-refractivity contribution in [3.05, 3.63) is 24.3 Å². The number of nitrogens with zero attached hydrogens (tertiary/aromatic N) is 2. The predicted molar refractivity (Wildman–Crippen MR) is 83.9 cm³/mol. The van der Waals surface area contributed by atoms with Crippen molar-refractivity contribution in [1.29, 1.82) is 0 Å². The molecule has 3 aliphatic rings. The number of piperidine rings is 3. The standard InChI is InChI=1S/C15H23N3O2S/c1-17(2)21(19,20)14-5-3-4-13(10-14)16-15-11-18-8-6-12(15)7-9-18/h3-5,10,12,15-16H,6-9,11H2,1-2H3. The Balaban J connectivity index is 1.78. The van der Waals surface area contributed by atoms with Crippen molar-refractivity contribution in [2.75, 3.05) is 39.0 Å². The van der Waals surface area contributed by atoms with Gasteiger partial charge in [0.25, 0.3) is 0 Å². The summed E-state index contributed by atoms with van der Waals surface area (Å²) in [5.41, 5.74) is 0.900. The molecule has 1 unspecified atom stereocenters. The molecule has 3 aliphatic heterocycles. The molecule has 0 aliphatic carbocycles. The largest absolute Gasteiger partial charge is 0.381 e. The zero-order valence-electron chi connectivity index (χ0n) is 12.6. The first-order valence-electron chi connectivity index (χ1n) is 7.48. The maximum absolute atomic E-state index is 12.2. The van der Waals surface area contributed by atoms with E-state index in [9.17, 15) is 8.42 Å². The maximum Gasteiger partial charge on any atom is 0.242 e. The molecule has 1 N–H and O–H groups in total. The highest BCUT2D eigenvalue weighted by Crippen LogP contribution is 2.30. The Morgan fingerprint density at radius 3 is 2.52 bits per heavy atom. The van der Waals surface area contributed by atoms with Crippen molar-refractivity contribution < 1.29 is 8.42 Å². The van der Waals surface area contributed by atoms with Gasteiger partial charge in [-0.15, -0.1) is 0 Å². The Hall–Kier alpha value is -1.11. The maximum atomic E-state index is 12.2. The van der Waals surface area contributed by atoms with E-state index < -0.39 is 10.0 Å². The van der Waals surface area contributed by atoms with E-state index in [2.05, 4.69) is 10.2 Å². The molecule has 1 aromatic rings. The Labute approximate surface area is 127 Å². The van der Waals surface area contributed by atoms with Gasteiger partial charge in [-0.25, -0.2) is 12.7 Å². The number of rotatable bonds is 4. The lowest BCUT2D eigenvalue weighted by Gasteiger charge is -2.45. The number of anilines is 1. The molecule has 0 amide bonds. The number of hydrogen-bond donors (Lipinski definition) is 1. The van der Waals surface area contributed by atoms with Gasteiger partial charge in [0.15, 0.2) is 0 Å². The predicted octanol–water partition coefficient (Wildman–Crippen LogP) is 1.44. The highest BCUT2D eigenvalue weighted by Gasteiger charge is 2.34. The van der Waals surface area contributed by atoms with Crippen LogP contribution in [0.3, 0.4) is 0 Å². The van der Waals surface area contributed by atoms with Crippen LogP contribution in [0.4, 0.5) is 5.69 Å². The van der Waals surface area contributed by atoms with E-state index in [0.29, 0.717) is 16.9 Å². The Morgan fingerprint density at radius 2 is 1.95 bits per heavy atom. The summed E-state index contributed by atoms with van der Waals surface area (Å²) in [6.45, 7) is 3.48. The molecule has 116 valence electrons. The average molecular weight is 309 g/mol. The van der Waals surface area contributed by atoms with Crippen LogP contribution >= 0.6 is 0 Å².